The average Bonchev–Trinajstić information content (AvgIpc) is 3.03. The first-order valence-corrected chi connectivity index (χ1v) is 10.8. The summed E-state index contributed by atoms with van der Waals surface area (Å²) in [5, 5.41) is 11.3. The number of rotatable bonds is 6. The van der Waals surface area contributed by atoms with E-state index in [0.717, 1.165) is 4.90 Å². The van der Waals surface area contributed by atoms with Gasteiger partial charge in [0.25, 0.3) is 11.8 Å². The van der Waals surface area contributed by atoms with Crippen molar-refractivity contribution in [2.24, 2.45) is 5.92 Å². The molecule has 0 aliphatic carbocycles. The number of hydrogen-bond donors (Lipinski definition) is 2. The van der Waals surface area contributed by atoms with Gasteiger partial charge in [-0.1, -0.05) is 6.07 Å². The fourth-order valence-electron chi connectivity index (χ4n) is 4.63. The zero-order valence-electron chi connectivity index (χ0n) is 17.9. The van der Waals surface area contributed by atoms with E-state index in [2.05, 4.69) is 10.2 Å². The normalized spacial score (nSPS) is 22.2. The smallest absolute Gasteiger partial charge is 0.306 e. The van der Waals surface area contributed by atoms with Gasteiger partial charge >= 0.3 is 5.97 Å². The number of hydrogen-bond acceptors (Lipinski definition) is 7. The number of carbonyl (C=O) groups excluding carboxylic acids is 4. The van der Waals surface area contributed by atoms with Crippen LogP contribution in [0.25, 0.3) is 0 Å². The van der Waals surface area contributed by atoms with Gasteiger partial charge < -0.3 is 14.9 Å². The lowest BCUT2D eigenvalue weighted by atomic mass is 9.97. The van der Waals surface area contributed by atoms with E-state index in [1.54, 1.807) is 18.2 Å². The van der Waals surface area contributed by atoms with Gasteiger partial charge in [-0.05, 0) is 44.5 Å². The molecule has 3 heterocycles. The molecule has 1 atom stereocenters. The molecule has 3 aliphatic rings. The highest BCUT2D eigenvalue weighted by molar-refractivity contribution is 6.25. The van der Waals surface area contributed by atoms with Crippen molar-refractivity contribution in [1.29, 1.82) is 0 Å². The molecule has 2 fully saturated rings. The van der Waals surface area contributed by atoms with Crippen molar-refractivity contribution in [3.8, 4) is 0 Å². The molecule has 10 heteroatoms. The summed E-state index contributed by atoms with van der Waals surface area (Å²) in [5.74, 6) is -3.12. The number of likely N-dealkylation sites (N-methyl/N-ethyl adjacent to an activating group) is 1. The minimum absolute atomic E-state index is 0.0785. The van der Waals surface area contributed by atoms with E-state index in [-0.39, 0.29) is 29.9 Å². The highest BCUT2D eigenvalue weighted by atomic mass is 16.4. The molecule has 0 spiro atoms. The molecule has 1 aromatic rings. The minimum atomic E-state index is -0.992. The molecule has 4 amide bonds. The Bertz CT molecular complexity index is 985. The Balaban J connectivity index is 1.46. The first-order valence-electron chi connectivity index (χ1n) is 10.8. The van der Waals surface area contributed by atoms with Crippen LogP contribution in [0.3, 0.4) is 0 Å². The Morgan fingerprint density at radius 1 is 1.12 bits per heavy atom. The summed E-state index contributed by atoms with van der Waals surface area (Å²) >= 11 is 0. The predicted octanol–water partition coefficient (Wildman–Crippen LogP) is 0.321. The predicted molar refractivity (Wildman–Crippen MR) is 113 cm³/mol. The number of piperidine rings is 2. The summed E-state index contributed by atoms with van der Waals surface area (Å²) in [6.07, 6.45) is 1.43. The van der Waals surface area contributed by atoms with Crippen LogP contribution >= 0.6 is 0 Å². The van der Waals surface area contributed by atoms with Crippen molar-refractivity contribution in [2.45, 2.75) is 31.7 Å². The lowest BCUT2D eigenvalue weighted by molar-refractivity contribution is -0.143. The monoisotopic (exact) mass is 442 g/mol. The number of benzene rings is 1. The second kappa shape index (κ2) is 8.70. The van der Waals surface area contributed by atoms with E-state index in [1.807, 2.05) is 11.9 Å². The highest BCUT2D eigenvalue weighted by Crippen LogP contribution is 2.33. The number of fused-ring (bicyclic) bond motifs is 1. The molecule has 1 unspecified atom stereocenters. The molecular formula is C22H26N4O6. The zero-order chi connectivity index (χ0) is 23.0. The van der Waals surface area contributed by atoms with Crippen LogP contribution in [0.1, 0.15) is 46.4 Å². The molecular weight excluding hydrogens is 416 g/mol. The van der Waals surface area contributed by atoms with Gasteiger partial charge in [0.15, 0.2) is 0 Å². The summed E-state index contributed by atoms with van der Waals surface area (Å²) < 4.78 is 0. The number of amides is 4. The van der Waals surface area contributed by atoms with Crippen LogP contribution in [0.5, 0.6) is 0 Å². The summed E-state index contributed by atoms with van der Waals surface area (Å²) in [7, 11) is 1.84. The second-order valence-corrected chi connectivity index (χ2v) is 8.52. The molecule has 0 aromatic heterocycles. The number of imide groups is 2. The number of carboxylic acid groups (broad SMARTS) is 1. The lowest BCUT2D eigenvalue weighted by Gasteiger charge is -2.32. The fraction of sp³-hybridized carbons (Fsp3) is 0.500. The van der Waals surface area contributed by atoms with E-state index >= 15 is 0 Å². The summed E-state index contributed by atoms with van der Waals surface area (Å²) in [4.78, 5) is 66.1. The van der Waals surface area contributed by atoms with E-state index in [0.29, 0.717) is 44.7 Å². The van der Waals surface area contributed by atoms with E-state index < -0.39 is 35.6 Å². The van der Waals surface area contributed by atoms with Gasteiger partial charge in [0.05, 0.1) is 22.7 Å². The number of aliphatic carboxylic acids is 1. The van der Waals surface area contributed by atoms with Crippen molar-refractivity contribution in [3.05, 3.63) is 29.3 Å². The fourth-order valence-corrected chi connectivity index (χ4v) is 4.63. The van der Waals surface area contributed by atoms with Gasteiger partial charge in [-0.15, -0.1) is 0 Å². The van der Waals surface area contributed by atoms with Crippen molar-refractivity contribution >= 4 is 35.3 Å². The van der Waals surface area contributed by atoms with Gasteiger partial charge in [0.1, 0.15) is 6.04 Å². The number of carboxylic acids is 1. The molecule has 3 aliphatic heterocycles. The Hall–Kier alpha value is -3.27. The molecule has 2 saturated heterocycles. The maximum atomic E-state index is 13.2. The van der Waals surface area contributed by atoms with Crippen molar-refractivity contribution < 1.29 is 29.1 Å². The standard InChI is InChI=1S/C22H26N4O6/c1-24(11-12-25-9-7-13(8-10-25)22(31)32)15-4-2-3-14-18(15)21(30)26(20(14)29)16-5-6-17(27)23-19(16)28/h2-4,13,16H,5-12H2,1H3,(H,31,32)(H,23,27,28). The first-order chi connectivity index (χ1) is 15.3. The van der Waals surface area contributed by atoms with Crippen molar-refractivity contribution in [3.63, 3.8) is 0 Å². The number of nitrogens with one attached hydrogen (secondary N) is 1. The maximum absolute atomic E-state index is 13.2. The first kappa shape index (κ1) is 21.9. The molecule has 10 nitrogen and oxygen atoms in total. The maximum Gasteiger partial charge on any atom is 0.306 e. The van der Waals surface area contributed by atoms with E-state index in [9.17, 15) is 24.0 Å². The van der Waals surface area contributed by atoms with Gasteiger partial charge in [0, 0.05) is 26.6 Å². The van der Waals surface area contributed by atoms with Crippen LogP contribution in [-0.4, -0.2) is 83.8 Å². The Morgan fingerprint density at radius 3 is 2.50 bits per heavy atom. The molecule has 4 rings (SSSR count). The number of carbonyl (C=O) groups is 5. The van der Waals surface area contributed by atoms with Crippen LogP contribution in [0.15, 0.2) is 18.2 Å². The summed E-state index contributed by atoms with van der Waals surface area (Å²) in [5.41, 5.74) is 1.14. The van der Waals surface area contributed by atoms with E-state index in [1.165, 1.54) is 0 Å². The van der Waals surface area contributed by atoms with Crippen molar-refractivity contribution in [1.82, 2.24) is 15.1 Å². The Kier molecular flexibility index (Phi) is 5.96. The molecule has 170 valence electrons. The molecule has 0 saturated carbocycles. The number of nitrogens with zero attached hydrogens (tertiary/aromatic N) is 3. The Morgan fingerprint density at radius 2 is 1.84 bits per heavy atom. The third kappa shape index (κ3) is 3.97. The largest absolute Gasteiger partial charge is 0.481 e. The van der Waals surface area contributed by atoms with Gasteiger partial charge in [0.2, 0.25) is 11.8 Å². The third-order valence-electron chi connectivity index (χ3n) is 6.55. The topological polar surface area (TPSA) is 127 Å². The summed E-state index contributed by atoms with van der Waals surface area (Å²) in [6.45, 7) is 2.70. The van der Waals surface area contributed by atoms with Crippen LogP contribution < -0.4 is 10.2 Å². The quantitative estimate of drug-likeness (QED) is 0.603. The van der Waals surface area contributed by atoms with Crippen LogP contribution in [-0.2, 0) is 14.4 Å². The lowest BCUT2D eigenvalue weighted by Crippen LogP contribution is -2.54. The minimum Gasteiger partial charge on any atom is -0.481 e. The zero-order valence-corrected chi connectivity index (χ0v) is 17.9. The molecule has 1 aromatic carbocycles. The number of likely N-dealkylation sites (tertiary alicyclic amines) is 1. The summed E-state index contributed by atoms with van der Waals surface area (Å²) in [6, 6.07) is 4.07. The van der Waals surface area contributed by atoms with Gasteiger partial charge in [-0.25, -0.2) is 0 Å². The molecule has 2 N–H and O–H groups in total. The average molecular weight is 442 g/mol. The van der Waals surface area contributed by atoms with Crippen LogP contribution in [0, 0.1) is 5.92 Å². The molecule has 0 radical (unpaired) electrons. The van der Waals surface area contributed by atoms with Crippen molar-refractivity contribution in [2.75, 3.05) is 38.1 Å². The van der Waals surface area contributed by atoms with Gasteiger partial charge in [-0.2, -0.15) is 0 Å². The number of anilines is 1. The highest BCUT2D eigenvalue weighted by Gasteiger charge is 2.45. The van der Waals surface area contributed by atoms with Gasteiger partial charge in [-0.3, -0.25) is 34.2 Å². The van der Waals surface area contributed by atoms with Crippen LogP contribution in [0.4, 0.5) is 5.69 Å². The second-order valence-electron chi connectivity index (χ2n) is 8.52. The third-order valence-corrected chi connectivity index (χ3v) is 6.55. The molecule has 32 heavy (non-hydrogen) atoms. The van der Waals surface area contributed by atoms with Crippen LogP contribution in [0.2, 0.25) is 0 Å². The van der Waals surface area contributed by atoms with E-state index in [4.69, 9.17) is 5.11 Å². The SMILES string of the molecule is CN(CCN1CCC(C(=O)O)CC1)c1cccc2c1C(=O)N(C1CCC(=O)NC1=O)C2=O. The molecule has 0 bridgehead atoms. The Labute approximate surface area is 185 Å².